The quantitative estimate of drug-likeness (QED) is 0.680. The third kappa shape index (κ3) is 4.62. The number of guanidine groups is 1. The predicted octanol–water partition coefficient (Wildman–Crippen LogP) is 0.598. The van der Waals surface area contributed by atoms with Crippen LogP contribution in [0.25, 0.3) is 0 Å². The summed E-state index contributed by atoms with van der Waals surface area (Å²) in [6.45, 7) is 2.00. The van der Waals surface area contributed by atoms with Crippen molar-refractivity contribution in [3.8, 4) is 0 Å². The molecule has 0 unspecified atom stereocenters. The van der Waals surface area contributed by atoms with E-state index in [-0.39, 0.29) is 0 Å². The Morgan fingerprint density at radius 2 is 2.25 bits per heavy atom. The number of hydrazine groups is 1. The summed E-state index contributed by atoms with van der Waals surface area (Å²) < 4.78 is 5.74. The molecule has 0 atom stereocenters. The van der Waals surface area contributed by atoms with Crippen LogP contribution in [0, 0.1) is 0 Å². The minimum Gasteiger partial charge on any atom is -0.464 e. The van der Waals surface area contributed by atoms with Crippen LogP contribution in [0.15, 0.2) is 21.7 Å². The number of hydrogen-bond donors (Lipinski definition) is 2. The molecule has 7 nitrogen and oxygen atoms in total. The molecule has 8 heteroatoms. The van der Waals surface area contributed by atoms with Crippen molar-refractivity contribution in [1.29, 1.82) is 0 Å². The summed E-state index contributed by atoms with van der Waals surface area (Å²) in [5.74, 6) is 4.21. The third-order valence-electron chi connectivity index (χ3n) is 2.60. The Hall–Kier alpha value is -1.38. The number of rotatable bonds is 8. The highest BCUT2D eigenvalue weighted by Gasteiger charge is 2.13. The molecule has 0 bridgehead atoms. The Morgan fingerprint density at radius 1 is 1.45 bits per heavy atom. The van der Waals surface area contributed by atoms with Gasteiger partial charge in [-0.1, -0.05) is 0 Å². The van der Waals surface area contributed by atoms with Crippen molar-refractivity contribution in [3.63, 3.8) is 0 Å². The van der Waals surface area contributed by atoms with E-state index < -0.39 is 0 Å². The van der Waals surface area contributed by atoms with E-state index in [4.69, 9.17) is 15.0 Å². The van der Waals surface area contributed by atoms with E-state index in [0.717, 1.165) is 36.1 Å². The van der Waals surface area contributed by atoms with Crippen LogP contribution >= 0.6 is 11.8 Å². The summed E-state index contributed by atoms with van der Waals surface area (Å²) in [5.41, 5.74) is 8.73. The van der Waals surface area contributed by atoms with E-state index in [1.54, 1.807) is 16.8 Å². The first-order valence-corrected chi connectivity index (χ1v) is 7.57. The summed E-state index contributed by atoms with van der Waals surface area (Å²) in [6, 6.07) is 4.07. The predicted molar refractivity (Wildman–Crippen MR) is 79.7 cm³/mol. The van der Waals surface area contributed by atoms with Gasteiger partial charge in [0.2, 0.25) is 6.73 Å². The Balaban J connectivity index is 1.59. The van der Waals surface area contributed by atoms with Crippen molar-refractivity contribution in [3.05, 3.63) is 23.7 Å². The molecule has 1 aliphatic rings. The van der Waals surface area contributed by atoms with Crippen molar-refractivity contribution in [1.82, 2.24) is 15.3 Å². The monoisotopic (exact) mass is 299 g/mol. The fraction of sp³-hybridized carbons (Fsp3) is 0.583. The van der Waals surface area contributed by atoms with Gasteiger partial charge in [0.05, 0.1) is 12.3 Å². The fourth-order valence-corrected chi connectivity index (χ4v) is 2.45. The number of furan rings is 1. The molecule has 0 saturated carbocycles. The Morgan fingerprint density at radius 3 is 2.95 bits per heavy atom. The van der Waals surface area contributed by atoms with Gasteiger partial charge in [0.1, 0.15) is 11.5 Å². The Labute approximate surface area is 123 Å². The number of nitrogens with one attached hydrogen (secondary N) is 1. The lowest BCUT2D eigenvalue weighted by atomic mass is 10.4. The van der Waals surface area contributed by atoms with Crippen molar-refractivity contribution in [2.75, 3.05) is 33.1 Å². The molecular weight excluding hydrogens is 278 g/mol. The van der Waals surface area contributed by atoms with Crippen LogP contribution in [0.2, 0.25) is 0 Å². The van der Waals surface area contributed by atoms with E-state index in [1.165, 1.54) is 0 Å². The molecule has 1 aromatic heterocycles. The minimum atomic E-state index is 0.364. The molecule has 2 rings (SSSR count). The van der Waals surface area contributed by atoms with Gasteiger partial charge in [-0.25, -0.2) is 10.4 Å². The molecule has 0 fully saturated rings. The zero-order valence-electron chi connectivity index (χ0n) is 11.8. The zero-order chi connectivity index (χ0) is 14.4. The van der Waals surface area contributed by atoms with Gasteiger partial charge in [0.25, 0.3) is 5.96 Å². The van der Waals surface area contributed by atoms with Crippen molar-refractivity contribution >= 4 is 17.7 Å². The number of oxime groups is 1. The second-order valence-electron chi connectivity index (χ2n) is 4.70. The normalized spacial score (nSPS) is 14.8. The van der Waals surface area contributed by atoms with E-state index in [0.29, 0.717) is 12.7 Å². The Kier molecular flexibility index (Phi) is 5.57. The van der Waals surface area contributed by atoms with Gasteiger partial charge in [-0.2, -0.15) is 11.8 Å². The molecule has 0 radical (unpaired) electrons. The lowest BCUT2D eigenvalue weighted by Gasteiger charge is -2.15. The number of hydrogen-bond acceptors (Lipinski definition) is 8. The SMILES string of the molecule is CN(C)Cc1ccc(CSCCNN2CON=C2N)o1. The van der Waals surface area contributed by atoms with Gasteiger partial charge in [0, 0.05) is 12.3 Å². The second-order valence-corrected chi connectivity index (χ2v) is 5.81. The molecule has 0 saturated heterocycles. The zero-order valence-corrected chi connectivity index (χ0v) is 12.7. The molecular formula is C12H21N5O2S. The highest BCUT2D eigenvalue weighted by atomic mass is 32.2. The topological polar surface area (TPSA) is 79.3 Å². The second kappa shape index (κ2) is 7.41. The van der Waals surface area contributed by atoms with E-state index in [1.807, 2.05) is 26.2 Å². The highest BCUT2D eigenvalue weighted by molar-refractivity contribution is 7.98. The number of nitrogens with two attached hydrogens (primary N) is 1. The summed E-state index contributed by atoms with van der Waals surface area (Å²) in [7, 11) is 4.05. The third-order valence-corrected chi connectivity index (χ3v) is 3.59. The van der Waals surface area contributed by atoms with Gasteiger partial charge in [0.15, 0.2) is 0 Å². The van der Waals surface area contributed by atoms with Gasteiger partial charge < -0.3 is 19.9 Å². The summed E-state index contributed by atoms with van der Waals surface area (Å²) >= 11 is 1.81. The largest absolute Gasteiger partial charge is 0.464 e. The summed E-state index contributed by atoms with van der Waals surface area (Å²) in [6.07, 6.45) is 0. The van der Waals surface area contributed by atoms with Crippen molar-refractivity contribution in [2.45, 2.75) is 12.3 Å². The first-order chi connectivity index (χ1) is 9.65. The van der Waals surface area contributed by atoms with Crippen LogP contribution < -0.4 is 11.2 Å². The standard InChI is InChI=1S/C12H21N5O2S/c1-16(2)7-10-3-4-11(19-10)8-20-6-5-14-17-9-18-15-12(17)13/h3-4,14H,5-9H2,1-2H3,(H2,13,15). The highest BCUT2D eigenvalue weighted by Crippen LogP contribution is 2.15. The smallest absolute Gasteiger partial charge is 0.251 e. The lowest BCUT2D eigenvalue weighted by molar-refractivity contribution is 0.0882. The molecule has 1 aromatic rings. The van der Waals surface area contributed by atoms with Crippen LogP contribution in [0.4, 0.5) is 0 Å². The minimum absolute atomic E-state index is 0.364. The van der Waals surface area contributed by atoms with Crippen molar-refractivity contribution in [2.24, 2.45) is 10.9 Å². The maximum atomic E-state index is 5.74. The number of nitrogens with zero attached hydrogens (tertiary/aromatic N) is 3. The first kappa shape index (κ1) is 15.0. The van der Waals surface area contributed by atoms with Crippen LogP contribution in [-0.4, -0.2) is 49.0 Å². The van der Waals surface area contributed by atoms with Crippen molar-refractivity contribution < 1.29 is 9.25 Å². The molecule has 1 aliphatic heterocycles. The fourth-order valence-electron chi connectivity index (χ4n) is 1.72. The van der Waals surface area contributed by atoms with Crippen LogP contribution in [0.3, 0.4) is 0 Å². The van der Waals surface area contributed by atoms with Gasteiger partial charge in [-0.05, 0) is 31.4 Å². The summed E-state index contributed by atoms with van der Waals surface area (Å²) in [4.78, 5) is 6.92. The average Bonchev–Trinajstić information content (AvgIpc) is 2.98. The van der Waals surface area contributed by atoms with E-state index in [2.05, 4.69) is 15.5 Å². The first-order valence-electron chi connectivity index (χ1n) is 6.41. The summed E-state index contributed by atoms with van der Waals surface area (Å²) in [5, 5.41) is 5.31. The van der Waals surface area contributed by atoms with Gasteiger partial charge in [-0.3, -0.25) is 0 Å². The molecule has 0 aliphatic carbocycles. The molecule has 0 spiro atoms. The molecule has 20 heavy (non-hydrogen) atoms. The van der Waals surface area contributed by atoms with Crippen LogP contribution in [0.5, 0.6) is 0 Å². The Bertz CT molecular complexity index is 449. The molecule has 0 amide bonds. The van der Waals surface area contributed by atoms with Crippen LogP contribution in [-0.2, 0) is 17.1 Å². The maximum Gasteiger partial charge on any atom is 0.251 e. The van der Waals surface area contributed by atoms with Crippen LogP contribution in [0.1, 0.15) is 11.5 Å². The van der Waals surface area contributed by atoms with E-state index >= 15 is 0 Å². The molecule has 2 heterocycles. The number of thioether (sulfide) groups is 1. The van der Waals surface area contributed by atoms with Gasteiger partial charge >= 0.3 is 0 Å². The molecule has 0 aromatic carbocycles. The van der Waals surface area contributed by atoms with Gasteiger partial charge in [-0.15, -0.1) is 0 Å². The molecule has 112 valence electrons. The molecule has 3 N–H and O–H groups in total. The lowest BCUT2D eigenvalue weighted by Crippen LogP contribution is -2.45. The average molecular weight is 299 g/mol. The maximum absolute atomic E-state index is 5.74. The van der Waals surface area contributed by atoms with E-state index in [9.17, 15) is 0 Å².